The molecule has 3 rings (SSSR count). The maximum absolute atomic E-state index is 12.6. The van der Waals surface area contributed by atoms with Crippen LogP contribution < -0.4 is 5.56 Å². The average molecular weight is 320 g/mol. The van der Waals surface area contributed by atoms with Crippen molar-refractivity contribution in [3.05, 3.63) is 75.8 Å². The minimum Gasteiger partial charge on any atom is -0.296 e. The van der Waals surface area contributed by atoms with Gasteiger partial charge < -0.3 is 0 Å². The molecule has 3 aromatic rings. The predicted molar refractivity (Wildman–Crippen MR) is 95.5 cm³/mol. The predicted octanol–water partition coefficient (Wildman–Crippen LogP) is 3.60. The largest absolute Gasteiger partial charge is 0.296 e. The van der Waals surface area contributed by atoms with Crippen LogP contribution in [0.2, 0.25) is 0 Å². The van der Waals surface area contributed by atoms with Crippen molar-refractivity contribution >= 4 is 16.7 Å². The molecular weight excluding hydrogens is 300 g/mol. The van der Waals surface area contributed by atoms with Crippen molar-refractivity contribution in [1.29, 1.82) is 0 Å². The van der Waals surface area contributed by atoms with Gasteiger partial charge in [-0.25, -0.2) is 4.98 Å². The molecule has 0 aliphatic carbocycles. The van der Waals surface area contributed by atoms with Gasteiger partial charge in [-0.15, -0.1) is 0 Å². The van der Waals surface area contributed by atoms with Crippen LogP contribution in [0.3, 0.4) is 0 Å². The number of carbonyl (C=O) groups excluding carboxylic acids is 1. The van der Waals surface area contributed by atoms with E-state index in [1.807, 2.05) is 62.4 Å². The molecule has 0 amide bonds. The summed E-state index contributed by atoms with van der Waals surface area (Å²) in [6.45, 7) is 4.39. The molecule has 0 atom stereocenters. The summed E-state index contributed by atoms with van der Waals surface area (Å²) < 4.78 is 1.72. The molecule has 0 N–H and O–H groups in total. The van der Waals surface area contributed by atoms with Crippen molar-refractivity contribution in [1.82, 2.24) is 9.55 Å². The Bertz CT molecular complexity index is 940. The van der Waals surface area contributed by atoms with Gasteiger partial charge in [0.05, 0.1) is 10.9 Å². The van der Waals surface area contributed by atoms with Gasteiger partial charge in [-0.3, -0.25) is 14.2 Å². The third kappa shape index (κ3) is 3.00. The minimum absolute atomic E-state index is 0.00381. The monoisotopic (exact) mass is 320 g/mol. The number of rotatable bonds is 5. The second-order valence-corrected chi connectivity index (χ2v) is 5.75. The highest BCUT2D eigenvalue weighted by Gasteiger charge is 2.10. The number of fused-ring (bicyclic) bond motifs is 1. The summed E-state index contributed by atoms with van der Waals surface area (Å²) >= 11 is 0. The third-order valence-corrected chi connectivity index (χ3v) is 4.22. The Morgan fingerprint density at radius 1 is 1.04 bits per heavy atom. The summed E-state index contributed by atoms with van der Waals surface area (Å²) in [7, 11) is 0. The number of hydrogen-bond donors (Lipinski definition) is 0. The molecule has 0 spiro atoms. The fourth-order valence-corrected chi connectivity index (χ4v) is 2.87. The Morgan fingerprint density at radius 2 is 1.75 bits per heavy atom. The normalized spacial score (nSPS) is 10.9. The maximum atomic E-state index is 12.6. The number of aromatic nitrogens is 2. The number of hydrogen-bond acceptors (Lipinski definition) is 3. The highest BCUT2D eigenvalue weighted by Crippen LogP contribution is 2.13. The molecule has 0 aliphatic heterocycles. The Hall–Kier alpha value is -2.75. The molecule has 0 radical (unpaired) electrons. The Labute approximate surface area is 140 Å². The molecular formula is C20H20N2O2. The Morgan fingerprint density at radius 3 is 2.42 bits per heavy atom. The molecule has 4 heteroatoms. The summed E-state index contributed by atoms with van der Waals surface area (Å²) in [5.74, 6) is 0.881. The van der Waals surface area contributed by atoms with Crippen molar-refractivity contribution < 1.29 is 4.79 Å². The van der Waals surface area contributed by atoms with E-state index < -0.39 is 0 Å². The zero-order chi connectivity index (χ0) is 17.1. The quantitative estimate of drug-likeness (QED) is 0.675. The summed E-state index contributed by atoms with van der Waals surface area (Å²) in [4.78, 5) is 29.0. The van der Waals surface area contributed by atoms with Crippen LogP contribution in [0.25, 0.3) is 10.9 Å². The molecule has 24 heavy (non-hydrogen) atoms. The summed E-state index contributed by atoms with van der Waals surface area (Å²) in [5, 5.41) is 0.645. The lowest BCUT2D eigenvalue weighted by Gasteiger charge is -2.12. The number of nitrogens with zero attached hydrogens (tertiary/aromatic N) is 2. The first-order valence-corrected chi connectivity index (χ1v) is 8.24. The molecule has 4 nitrogen and oxygen atoms in total. The molecule has 0 saturated carbocycles. The highest BCUT2D eigenvalue weighted by molar-refractivity contribution is 5.95. The van der Waals surface area contributed by atoms with Crippen LogP contribution in [-0.2, 0) is 13.0 Å². The van der Waals surface area contributed by atoms with Gasteiger partial charge in [0.25, 0.3) is 5.56 Å². The van der Waals surface area contributed by atoms with Gasteiger partial charge in [-0.2, -0.15) is 0 Å². The van der Waals surface area contributed by atoms with E-state index in [0.29, 0.717) is 24.8 Å². The first kappa shape index (κ1) is 16.1. The number of Topliss-reactive ketones (excluding diaryl/α,β-unsaturated/α-hetero) is 1. The molecule has 0 bridgehead atoms. The van der Waals surface area contributed by atoms with Gasteiger partial charge in [0.1, 0.15) is 5.82 Å². The zero-order valence-electron chi connectivity index (χ0n) is 14.0. The third-order valence-electron chi connectivity index (χ3n) is 4.22. The standard InChI is InChI=1S/C20H20N2O2/c1-3-18(23)15-11-9-14(10-12-15)13-19-21-17-8-6-5-7-16(17)20(24)22(19)4-2/h5-12H,3-4,13H2,1-2H3. The van der Waals surface area contributed by atoms with Crippen molar-refractivity contribution in [2.45, 2.75) is 33.2 Å². The smallest absolute Gasteiger partial charge is 0.261 e. The van der Waals surface area contributed by atoms with Gasteiger partial charge in [0, 0.05) is 24.9 Å². The number of para-hydroxylation sites is 1. The number of carbonyl (C=O) groups is 1. The SMILES string of the molecule is CCC(=O)c1ccc(Cc2nc3ccccc3c(=O)n2CC)cc1. The number of ketones is 1. The average Bonchev–Trinajstić information content (AvgIpc) is 2.62. The number of benzene rings is 2. The Balaban J connectivity index is 2.00. The first-order chi connectivity index (χ1) is 11.6. The van der Waals surface area contributed by atoms with Crippen molar-refractivity contribution in [2.75, 3.05) is 0 Å². The van der Waals surface area contributed by atoms with E-state index in [9.17, 15) is 9.59 Å². The first-order valence-electron chi connectivity index (χ1n) is 8.24. The summed E-state index contributed by atoms with van der Waals surface area (Å²) in [6, 6.07) is 15.0. The van der Waals surface area contributed by atoms with Crippen LogP contribution in [0.15, 0.2) is 53.3 Å². The summed E-state index contributed by atoms with van der Waals surface area (Å²) in [5.41, 5.74) is 2.48. The van der Waals surface area contributed by atoms with Gasteiger partial charge in [0.2, 0.25) is 0 Å². The lowest BCUT2D eigenvalue weighted by atomic mass is 10.0. The molecule has 0 saturated heterocycles. The van der Waals surface area contributed by atoms with E-state index in [2.05, 4.69) is 4.98 Å². The van der Waals surface area contributed by atoms with Gasteiger partial charge >= 0.3 is 0 Å². The topological polar surface area (TPSA) is 52.0 Å². The molecule has 0 fully saturated rings. The van der Waals surface area contributed by atoms with Crippen LogP contribution in [0.5, 0.6) is 0 Å². The van der Waals surface area contributed by atoms with Crippen LogP contribution in [-0.4, -0.2) is 15.3 Å². The van der Waals surface area contributed by atoms with E-state index in [4.69, 9.17) is 0 Å². The molecule has 2 aromatic carbocycles. The van der Waals surface area contributed by atoms with Gasteiger partial charge in [-0.05, 0) is 24.6 Å². The summed E-state index contributed by atoms with van der Waals surface area (Å²) in [6.07, 6.45) is 1.06. The molecule has 122 valence electrons. The molecule has 1 aromatic heterocycles. The van der Waals surface area contributed by atoms with Crippen LogP contribution in [0, 0.1) is 0 Å². The van der Waals surface area contributed by atoms with E-state index in [0.717, 1.165) is 22.5 Å². The maximum Gasteiger partial charge on any atom is 0.261 e. The fraction of sp³-hybridized carbons (Fsp3) is 0.250. The molecule has 0 unspecified atom stereocenters. The van der Waals surface area contributed by atoms with Crippen LogP contribution in [0.4, 0.5) is 0 Å². The van der Waals surface area contributed by atoms with Crippen molar-refractivity contribution in [3.63, 3.8) is 0 Å². The van der Waals surface area contributed by atoms with Gasteiger partial charge in [0.15, 0.2) is 5.78 Å². The molecule has 1 heterocycles. The van der Waals surface area contributed by atoms with E-state index in [1.54, 1.807) is 4.57 Å². The highest BCUT2D eigenvalue weighted by atomic mass is 16.1. The van der Waals surface area contributed by atoms with Gasteiger partial charge in [-0.1, -0.05) is 43.3 Å². The minimum atomic E-state index is -0.00381. The molecule has 0 aliphatic rings. The van der Waals surface area contributed by atoms with Crippen LogP contribution >= 0.6 is 0 Å². The second kappa shape index (κ2) is 6.79. The van der Waals surface area contributed by atoms with Crippen molar-refractivity contribution in [2.24, 2.45) is 0 Å². The van der Waals surface area contributed by atoms with E-state index >= 15 is 0 Å². The van der Waals surface area contributed by atoms with Crippen LogP contribution in [0.1, 0.15) is 42.0 Å². The van der Waals surface area contributed by atoms with E-state index in [1.165, 1.54) is 0 Å². The Kier molecular flexibility index (Phi) is 4.56. The van der Waals surface area contributed by atoms with E-state index in [-0.39, 0.29) is 11.3 Å². The zero-order valence-corrected chi connectivity index (χ0v) is 14.0. The lowest BCUT2D eigenvalue weighted by Crippen LogP contribution is -2.24. The second-order valence-electron chi connectivity index (χ2n) is 5.75. The fourth-order valence-electron chi connectivity index (χ4n) is 2.87. The van der Waals surface area contributed by atoms with Crippen molar-refractivity contribution in [3.8, 4) is 0 Å². The lowest BCUT2D eigenvalue weighted by molar-refractivity contribution is 0.0988.